The van der Waals surface area contributed by atoms with Gasteiger partial charge in [-0.2, -0.15) is 13.2 Å². The van der Waals surface area contributed by atoms with Crippen LogP contribution in [0.25, 0.3) is 0 Å². The van der Waals surface area contributed by atoms with E-state index in [4.69, 9.17) is 21.4 Å². The number of urea groups is 1. The molecule has 1 N–H and O–H groups in total. The van der Waals surface area contributed by atoms with E-state index < -0.39 is 48.1 Å². The van der Waals surface area contributed by atoms with Crippen LogP contribution in [0.15, 0.2) is 18.2 Å². The lowest BCUT2D eigenvalue weighted by Gasteiger charge is -2.38. The third-order valence-electron chi connectivity index (χ3n) is 4.25. The van der Waals surface area contributed by atoms with Crippen molar-refractivity contribution in [3.8, 4) is 0 Å². The standard InChI is InChI=1S/C17H16ClF3N2O6/c1-16(2,14(26)27)29-13(25)9-6-8(4-5-10(9)18)23-12(24)7-11(17(19,20)21)22(3)15(23)28/h4-6,11H,7H2,1-3H3,(H,26,27). The number of imide groups is 1. The molecule has 1 aliphatic rings. The highest BCUT2D eigenvalue weighted by molar-refractivity contribution is 6.34. The number of hydrogen-bond acceptors (Lipinski definition) is 5. The summed E-state index contributed by atoms with van der Waals surface area (Å²) in [4.78, 5) is 48.9. The summed E-state index contributed by atoms with van der Waals surface area (Å²) in [7, 11) is 0.903. The van der Waals surface area contributed by atoms with Gasteiger partial charge >= 0.3 is 24.1 Å². The Kier molecular flexibility index (Phi) is 5.84. The fourth-order valence-electron chi connectivity index (χ4n) is 2.52. The Morgan fingerprint density at radius 3 is 2.34 bits per heavy atom. The Hall–Kier alpha value is -2.82. The molecule has 0 aromatic heterocycles. The van der Waals surface area contributed by atoms with Crippen LogP contribution in [0.4, 0.5) is 23.7 Å². The van der Waals surface area contributed by atoms with Crippen molar-refractivity contribution in [3.63, 3.8) is 0 Å². The Morgan fingerprint density at radius 2 is 1.83 bits per heavy atom. The maximum Gasteiger partial charge on any atom is 0.409 e. The van der Waals surface area contributed by atoms with Gasteiger partial charge in [-0.15, -0.1) is 0 Å². The quantitative estimate of drug-likeness (QED) is 0.727. The second-order valence-electron chi connectivity index (χ2n) is 6.75. The zero-order valence-electron chi connectivity index (χ0n) is 15.4. The van der Waals surface area contributed by atoms with Crippen LogP contribution in [0.5, 0.6) is 0 Å². The topological polar surface area (TPSA) is 104 Å². The summed E-state index contributed by atoms with van der Waals surface area (Å²) in [6.07, 6.45) is -5.79. The van der Waals surface area contributed by atoms with Gasteiger partial charge in [-0.25, -0.2) is 19.3 Å². The number of aliphatic carboxylic acids is 1. The van der Waals surface area contributed by atoms with Crippen molar-refractivity contribution in [2.75, 3.05) is 11.9 Å². The minimum absolute atomic E-state index is 0.168. The molecule has 0 bridgehead atoms. The van der Waals surface area contributed by atoms with Gasteiger partial charge in [0, 0.05) is 7.05 Å². The van der Waals surface area contributed by atoms with Gasteiger partial charge in [-0.05, 0) is 32.0 Å². The number of rotatable bonds is 4. The average molecular weight is 437 g/mol. The van der Waals surface area contributed by atoms with E-state index in [1.54, 1.807) is 0 Å². The molecule has 0 aliphatic carbocycles. The lowest BCUT2D eigenvalue weighted by Crippen LogP contribution is -2.60. The van der Waals surface area contributed by atoms with Crippen molar-refractivity contribution in [2.45, 2.75) is 38.1 Å². The number of anilines is 1. The Bertz CT molecular complexity index is 886. The molecule has 1 saturated heterocycles. The lowest BCUT2D eigenvalue weighted by molar-refractivity contribution is -0.179. The zero-order valence-corrected chi connectivity index (χ0v) is 16.2. The predicted molar refractivity (Wildman–Crippen MR) is 93.7 cm³/mol. The Balaban J connectivity index is 2.39. The first-order chi connectivity index (χ1) is 13.2. The molecule has 1 aromatic carbocycles. The molecule has 1 heterocycles. The smallest absolute Gasteiger partial charge is 0.409 e. The van der Waals surface area contributed by atoms with E-state index >= 15 is 0 Å². The van der Waals surface area contributed by atoms with E-state index in [0.717, 1.165) is 33.0 Å². The first kappa shape index (κ1) is 22.5. The van der Waals surface area contributed by atoms with E-state index in [1.165, 1.54) is 6.07 Å². The van der Waals surface area contributed by atoms with Crippen LogP contribution in [0.2, 0.25) is 5.02 Å². The molecule has 29 heavy (non-hydrogen) atoms. The third-order valence-corrected chi connectivity index (χ3v) is 4.58. The minimum Gasteiger partial charge on any atom is -0.478 e. The second-order valence-corrected chi connectivity index (χ2v) is 7.16. The summed E-state index contributed by atoms with van der Waals surface area (Å²) in [6, 6.07) is -0.237. The first-order valence-electron chi connectivity index (χ1n) is 8.09. The molecule has 12 heteroatoms. The molecule has 158 valence electrons. The number of carbonyl (C=O) groups is 4. The highest BCUT2D eigenvalue weighted by Crippen LogP contribution is 2.34. The zero-order chi connectivity index (χ0) is 22.3. The molecule has 0 spiro atoms. The van der Waals surface area contributed by atoms with E-state index in [-0.39, 0.29) is 16.3 Å². The minimum atomic E-state index is -4.79. The van der Waals surface area contributed by atoms with Gasteiger partial charge in [0.2, 0.25) is 11.5 Å². The fourth-order valence-corrected chi connectivity index (χ4v) is 2.71. The maximum atomic E-state index is 13.0. The summed E-state index contributed by atoms with van der Waals surface area (Å²) < 4.78 is 43.9. The highest BCUT2D eigenvalue weighted by Gasteiger charge is 2.51. The van der Waals surface area contributed by atoms with Crippen molar-refractivity contribution in [2.24, 2.45) is 0 Å². The number of alkyl halides is 3. The van der Waals surface area contributed by atoms with Gasteiger partial charge in [-0.3, -0.25) is 4.79 Å². The number of ether oxygens (including phenoxy) is 1. The van der Waals surface area contributed by atoms with Crippen molar-refractivity contribution >= 4 is 41.2 Å². The number of nitrogens with zero attached hydrogens (tertiary/aromatic N) is 2. The summed E-state index contributed by atoms with van der Waals surface area (Å²) in [6.45, 7) is 2.24. The number of carboxylic acid groups (broad SMARTS) is 1. The third kappa shape index (κ3) is 4.44. The molecule has 1 atom stereocenters. The van der Waals surface area contributed by atoms with Crippen LogP contribution in [0.3, 0.4) is 0 Å². The number of benzene rings is 1. The fraction of sp³-hybridized carbons (Fsp3) is 0.412. The van der Waals surface area contributed by atoms with Crippen molar-refractivity contribution in [1.29, 1.82) is 0 Å². The van der Waals surface area contributed by atoms with Crippen LogP contribution >= 0.6 is 11.6 Å². The van der Waals surface area contributed by atoms with Crippen LogP contribution in [0.1, 0.15) is 30.6 Å². The van der Waals surface area contributed by atoms with E-state index in [0.29, 0.717) is 9.80 Å². The highest BCUT2D eigenvalue weighted by atomic mass is 35.5. The maximum absolute atomic E-state index is 13.0. The number of amides is 3. The van der Waals surface area contributed by atoms with Crippen LogP contribution in [0, 0.1) is 0 Å². The molecular weight excluding hydrogens is 421 g/mol. The molecule has 3 amide bonds. The molecule has 1 unspecified atom stereocenters. The number of hydrogen-bond donors (Lipinski definition) is 1. The number of carbonyl (C=O) groups excluding carboxylic acids is 3. The molecule has 1 aromatic rings. The normalized spacial score (nSPS) is 18.1. The van der Waals surface area contributed by atoms with Crippen molar-refractivity contribution in [1.82, 2.24) is 4.90 Å². The van der Waals surface area contributed by atoms with E-state index in [2.05, 4.69) is 0 Å². The van der Waals surface area contributed by atoms with E-state index in [1.807, 2.05) is 0 Å². The molecule has 0 radical (unpaired) electrons. The molecule has 0 saturated carbocycles. The van der Waals surface area contributed by atoms with Crippen molar-refractivity contribution < 1.29 is 42.2 Å². The van der Waals surface area contributed by atoms with Gasteiger partial charge in [0.05, 0.1) is 22.7 Å². The summed E-state index contributed by atoms with van der Waals surface area (Å²) in [5, 5.41) is 8.88. The van der Waals surface area contributed by atoms with Crippen LogP contribution < -0.4 is 4.90 Å². The van der Waals surface area contributed by atoms with Crippen LogP contribution in [-0.4, -0.2) is 58.8 Å². The van der Waals surface area contributed by atoms with Gasteiger partial charge in [0.15, 0.2) is 0 Å². The summed E-state index contributed by atoms with van der Waals surface area (Å²) in [5.74, 6) is -3.70. The molecule has 2 rings (SSSR count). The largest absolute Gasteiger partial charge is 0.478 e. The van der Waals surface area contributed by atoms with E-state index in [9.17, 15) is 32.3 Å². The van der Waals surface area contributed by atoms with Gasteiger partial charge < -0.3 is 14.7 Å². The van der Waals surface area contributed by atoms with Gasteiger partial charge in [-0.1, -0.05) is 11.6 Å². The van der Waals surface area contributed by atoms with Crippen LogP contribution in [-0.2, 0) is 14.3 Å². The Morgan fingerprint density at radius 1 is 1.24 bits per heavy atom. The lowest BCUT2D eigenvalue weighted by atomic mass is 10.1. The van der Waals surface area contributed by atoms with Gasteiger partial charge in [0.25, 0.3) is 0 Å². The van der Waals surface area contributed by atoms with Crippen molar-refractivity contribution in [3.05, 3.63) is 28.8 Å². The second kappa shape index (κ2) is 7.54. The summed E-state index contributed by atoms with van der Waals surface area (Å²) >= 11 is 5.93. The average Bonchev–Trinajstić information content (AvgIpc) is 2.58. The first-order valence-corrected chi connectivity index (χ1v) is 8.47. The molecule has 8 nitrogen and oxygen atoms in total. The number of esters is 1. The number of carboxylic acids is 1. The monoisotopic (exact) mass is 436 g/mol. The molecular formula is C17H16ClF3N2O6. The van der Waals surface area contributed by atoms with Gasteiger partial charge in [0.1, 0.15) is 6.04 Å². The molecule has 1 aliphatic heterocycles. The number of halogens is 4. The molecule has 1 fully saturated rings. The summed E-state index contributed by atoms with van der Waals surface area (Å²) in [5.41, 5.74) is -2.47. The SMILES string of the molecule is CN1C(=O)N(c2ccc(Cl)c(C(=O)OC(C)(C)C(=O)O)c2)C(=O)CC1C(F)(F)F. The Labute approximate surface area is 167 Å². The predicted octanol–water partition coefficient (Wildman–Crippen LogP) is 3.08.